The maximum atomic E-state index is 3.82. The Morgan fingerprint density at radius 1 is 1.16 bits per heavy atom. The minimum atomic E-state index is 0.337. The topological polar surface area (TPSA) is 15.3 Å². The van der Waals surface area contributed by atoms with E-state index < -0.39 is 0 Å². The van der Waals surface area contributed by atoms with Crippen molar-refractivity contribution in [3.63, 3.8) is 0 Å². The molecule has 2 nitrogen and oxygen atoms in total. The van der Waals surface area contributed by atoms with Gasteiger partial charge in [0.2, 0.25) is 0 Å². The van der Waals surface area contributed by atoms with Crippen LogP contribution in [0.15, 0.2) is 30.3 Å². The van der Waals surface area contributed by atoms with E-state index in [0.717, 1.165) is 19.5 Å². The lowest BCUT2D eigenvalue weighted by molar-refractivity contribution is 0.0773. The standard InChI is InChI=1S/C17H28N2/c1-4-17(5-2)14-19(6-3)16(13-18-17)12-15-10-8-7-9-11-15/h7-11,16,18H,4-6,12-14H2,1-3H3. The van der Waals surface area contributed by atoms with Crippen molar-refractivity contribution in [3.05, 3.63) is 35.9 Å². The summed E-state index contributed by atoms with van der Waals surface area (Å²) in [5.41, 5.74) is 1.79. The minimum Gasteiger partial charge on any atom is -0.308 e. The van der Waals surface area contributed by atoms with Crippen molar-refractivity contribution in [2.75, 3.05) is 19.6 Å². The fraction of sp³-hybridized carbons (Fsp3) is 0.647. The summed E-state index contributed by atoms with van der Waals surface area (Å²) in [6, 6.07) is 11.5. The van der Waals surface area contributed by atoms with E-state index in [9.17, 15) is 0 Å². The molecule has 1 aromatic rings. The van der Waals surface area contributed by atoms with Crippen molar-refractivity contribution in [1.29, 1.82) is 0 Å². The summed E-state index contributed by atoms with van der Waals surface area (Å²) in [4.78, 5) is 2.66. The van der Waals surface area contributed by atoms with Gasteiger partial charge in [-0.1, -0.05) is 51.1 Å². The minimum absolute atomic E-state index is 0.337. The molecule has 1 aromatic carbocycles. The van der Waals surface area contributed by atoms with Gasteiger partial charge < -0.3 is 5.32 Å². The fourth-order valence-corrected chi connectivity index (χ4v) is 3.22. The van der Waals surface area contributed by atoms with Gasteiger partial charge in [-0.05, 0) is 31.4 Å². The van der Waals surface area contributed by atoms with Crippen molar-refractivity contribution in [1.82, 2.24) is 10.2 Å². The molecule has 1 atom stereocenters. The van der Waals surface area contributed by atoms with Gasteiger partial charge in [0.15, 0.2) is 0 Å². The summed E-state index contributed by atoms with van der Waals surface area (Å²) >= 11 is 0. The molecule has 1 aliphatic heterocycles. The molecule has 19 heavy (non-hydrogen) atoms. The van der Waals surface area contributed by atoms with Crippen molar-refractivity contribution in [2.24, 2.45) is 0 Å². The Morgan fingerprint density at radius 2 is 1.84 bits per heavy atom. The van der Waals surface area contributed by atoms with Gasteiger partial charge in [-0.25, -0.2) is 0 Å². The summed E-state index contributed by atoms with van der Waals surface area (Å²) in [6.45, 7) is 10.4. The zero-order valence-corrected chi connectivity index (χ0v) is 12.7. The highest BCUT2D eigenvalue weighted by atomic mass is 15.2. The zero-order chi connectivity index (χ0) is 13.7. The predicted molar refractivity (Wildman–Crippen MR) is 82.5 cm³/mol. The zero-order valence-electron chi connectivity index (χ0n) is 12.7. The van der Waals surface area contributed by atoms with E-state index in [1.54, 1.807) is 0 Å². The summed E-state index contributed by atoms with van der Waals surface area (Å²) in [5, 5.41) is 3.82. The van der Waals surface area contributed by atoms with Crippen LogP contribution in [0, 0.1) is 0 Å². The molecule has 1 aliphatic rings. The van der Waals surface area contributed by atoms with Gasteiger partial charge in [0.25, 0.3) is 0 Å². The molecular formula is C17H28N2. The normalized spacial score (nSPS) is 23.4. The molecule has 1 fully saturated rings. The van der Waals surface area contributed by atoms with Gasteiger partial charge in [-0.15, -0.1) is 0 Å². The van der Waals surface area contributed by atoms with Crippen molar-refractivity contribution in [3.8, 4) is 0 Å². The van der Waals surface area contributed by atoms with Crippen LogP contribution in [0.1, 0.15) is 39.2 Å². The average molecular weight is 260 g/mol. The smallest absolute Gasteiger partial charge is 0.0304 e. The number of nitrogens with one attached hydrogen (secondary N) is 1. The maximum Gasteiger partial charge on any atom is 0.0304 e. The molecule has 0 amide bonds. The molecule has 0 aromatic heterocycles. The van der Waals surface area contributed by atoms with Crippen molar-refractivity contribution < 1.29 is 0 Å². The third-order valence-electron chi connectivity index (χ3n) is 4.81. The lowest BCUT2D eigenvalue weighted by Crippen LogP contribution is -2.64. The molecule has 0 saturated carbocycles. The van der Waals surface area contributed by atoms with Gasteiger partial charge in [0, 0.05) is 24.7 Å². The first kappa shape index (κ1) is 14.5. The van der Waals surface area contributed by atoms with E-state index in [1.807, 2.05) is 0 Å². The van der Waals surface area contributed by atoms with Crippen LogP contribution >= 0.6 is 0 Å². The highest BCUT2D eigenvalue weighted by molar-refractivity contribution is 5.16. The Balaban J connectivity index is 2.03. The molecule has 2 heteroatoms. The summed E-state index contributed by atoms with van der Waals surface area (Å²) < 4.78 is 0. The van der Waals surface area contributed by atoms with Crippen LogP contribution in [0.5, 0.6) is 0 Å². The largest absolute Gasteiger partial charge is 0.308 e. The van der Waals surface area contributed by atoms with Crippen LogP contribution in [-0.2, 0) is 6.42 Å². The predicted octanol–water partition coefficient (Wildman–Crippen LogP) is 3.08. The van der Waals surface area contributed by atoms with Crippen LogP contribution in [0.4, 0.5) is 0 Å². The molecular weight excluding hydrogens is 232 g/mol. The van der Waals surface area contributed by atoms with Crippen LogP contribution in [0.3, 0.4) is 0 Å². The SMILES string of the molecule is CCN1CC(CC)(CC)NCC1Cc1ccccc1. The molecule has 1 unspecified atom stereocenters. The van der Waals surface area contributed by atoms with Crippen LogP contribution < -0.4 is 5.32 Å². The monoisotopic (exact) mass is 260 g/mol. The molecule has 2 rings (SSSR count). The number of hydrogen-bond donors (Lipinski definition) is 1. The fourth-order valence-electron chi connectivity index (χ4n) is 3.22. The Hall–Kier alpha value is -0.860. The highest BCUT2D eigenvalue weighted by Crippen LogP contribution is 2.24. The van der Waals surface area contributed by atoms with Gasteiger partial charge in [0.1, 0.15) is 0 Å². The molecule has 106 valence electrons. The van der Waals surface area contributed by atoms with E-state index in [0.29, 0.717) is 11.6 Å². The maximum absolute atomic E-state index is 3.82. The third-order valence-corrected chi connectivity index (χ3v) is 4.81. The molecule has 1 N–H and O–H groups in total. The molecule has 0 spiro atoms. The Bertz CT molecular complexity index is 370. The first-order valence-electron chi connectivity index (χ1n) is 7.76. The van der Waals surface area contributed by atoms with Gasteiger partial charge >= 0.3 is 0 Å². The summed E-state index contributed by atoms with van der Waals surface area (Å²) in [6.07, 6.45) is 3.60. The van der Waals surface area contributed by atoms with Gasteiger partial charge in [-0.3, -0.25) is 4.90 Å². The lowest BCUT2D eigenvalue weighted by Gasteiger charge is -2.47. The number of benzene rings is 1. The van der Waals surface area contributed by atoms with Gasteiger partial charge in [0.05, 0.1) is 0 Å². The number of hydrogen-bond acceptors (Lipinski definition) is 2. The number of nitrogens with zero attached hydrogens (tertiary/aromatic N) is 1. The van der Waals surface area contributed by atoms with E-state index in [2.05, 4.69) is 61.3 Å². The number of rotatable bonds is 5. The lowest BCUT2D eigenvalue weighted by atomic mass is 9.87. The Morgan fingerprint density at radius 3 is 2.42 bits per heavy atom. The number of piperazine rings is 1. The summed E-state index contributed by atoms with van der Waals surface area (Å²) in [7, 11) is 0. The van der Waals surface area contributed by atoms with Gasteiger partial charge in [-0.2, -0.15) is 0 Å². The van der Waals surface area contributed by atoms with Crippen LogP contribution in [-0.4, -0.2) is 36.1 Å². The first-order chi connectivity index (χ1) is 9.23. The quantitative estimate of drug-likeness (QED) is 0.875. The molecule has 0 radical (unpaired) electrons. The van der Waals surface area contributed by atoms with E-state index >= 15 is 0 Å². The molecule has 1 heterocycles. The summed E-state index contributed by atoms with van der Waals surface area (Å²) in [5.74, 6) is 0. The number of likely N-dealkylation sites (N-methyl/N-ethyl adjacent to an activating group) is 1. The second-order valence-electron chi connectivity index (χ2n) is 5.77. The Kier molecular flexibility index (Phi) is 5.00. The first-order valence-corrected chi connectivity index (χ1v) is 7.76. The van der Waals surface area contributed by atoms with E-state index in [-0.39, 0.29) is 0 Å². The molecule has 0 aliphatic carbocycles. The van der Waals surface area contributed by atoms with Crippen LogP contribution in [0.25, 0.3) is 0 Å². The Labute approximate surface area is 118 Å². The van der Waals surface area contributed by atoms with E-state index in [4.69, 9.17) is 0 Å². The van der Waals surface area contributed by atoms with Crippen molar-refractivity contribution >= 4 is 0 Å². The molecule has 1 saturated heterocycles. The van der Waals surface area contributed by atoms with Crippen molar-refractivity contribution in [2.45, 2.75) is 51.6 Å². The highest BCUT2D eigenvalue weighted by Gasteiger charge is 2.35. The second-order valence-corrected chi connectivity index (χ2v) is 5.77. The van der Waals surface area contributed by atoms with E-state index in [1.165, 1.54) is 24.9 Å². The molecule has 0 bridgehead atoms. The second kappa shape index (κ2) is 6.53. The average Bonchev–Trinajstić information content (AvgIpc) is 2.49. The third kappa shape index (κ3) is 3.37. The van der Waals surface area contributed by atoms with Crippen LogP contribution in [0.2, 0.25) is 0 Å².